The number of hydrogen-bond donors (Lipinski definition) is 1. The first kappa shape index (κ1) is 51.9. The van der Waals surface area contributed by atoms with E-state index in [4.69, 9.17) is 0 Å². The van der Waals surface area contributed by atoms with Gasteiger partial charge in [-0.15, -0.1) is 0 Å². The van der Waals surface area contributed by atoms with E-state index in [1.54, 1.807) is 0 Å². The summed E-state index contributed by atoms with van der Waals surface area (Å²) in [5.41, 5.74) is 0. The Morgan fingerprint density at radius 3 is 0.973 bits per heavy atom. The first-order chi connectivity index (χ1) is 15.6. The largest absolute Gasteiger partial charge is 1.00 e. The van der Waals surface area contributed by atoms with E-state index in [9.17, 15) is 39.6 Å². The van der Waals surface area contributed by atoms with Crippen LogP contribution < -0.4 is 139 Å². The van der Waals surface area contributed by atoms with Crippen LogP contribution in [0.15, 0.2) is 0 Å². The number of nitrogens with zero attached hydrogens (tertiary/aromatic N) is 2. The molecule has 0 N–H and O–H groups in total. The van der Waals surface area contributed by atoms with E-state index in [1.807, 2.05) is 0 Å². The molecule has 0 spiro atoms. The zero-order chi connectivity index (χ0) is 25.5. The molecule has 10 nitrogen and oxygen atoms in total. The van der Waals surface area contributed by atoms with Crippen molar-refractivity contribution in [1.82, 2.24) is 9.80 Å². The number of hydrogen-bond acceptors (Lipinski definition) is 11. The van der Waals surface area contributed by atoms with Gasteiger partial charge in [-0.05, 0) is 12.2 Å². The van der Waals surface area contributed by atoms with Crippen molar-refractivity contribution in [2.45, 2.75) is 71.1 Å². The molecule has 0 aromatic carbocycles. The van der Waals surface area contributed by atoms with E-state index in [0.717, 1.165) is 15.6 Å². The van der Waals surface area contributed by atoms with E-state index >= 15 is 0 Å². The quantitative estimate of drug-likeness (QED) is 0.0780. The van der Waals surface area contributed by atoms with Gasteiger partial charge >= 0.3 is 118 Å². The minimum atomic E-state index is -1.53. The summed E-state index contributed by atoms with van der Waals surface area (Å²) in [4.78, 5) is 43.4. The molecule has 0 saturated carbocycles. The Balaban J connectivity index is -0.000000125. The number of thiol groups is 1. The molecular weight excluding hydrogens is 544 g/mol. The summed E-state index contributed by atoms with van der Waals surface area (Å²) in [6, 6.07) is 0. The number of rotatable bonds is 21. The summed E-state index contributed by atoms with van der Waals surface area (Å²) in [5.74, 6) is -5.05. The van der Waals surface area contributed by atoms with E-state index in [-0.39, 0.29) is 131 Å². The molecule has 0 bridgehead atoms. The molecule has 0 amide bonds. The number of aliphatic carboxylic acids is 4. The SMILES string of the molecule is CCCCCCCCCCCCS.O=C([O-])CN(CCN(CC(=O)[O-])CC(=O)[O-])CC(=O)[O-].[Na+].[Na+].[Na+].[Na+]. The summed E-state index contributed by atoms with van der Waals surface area (Å²) in [6.45, 7) is -0.976. The Hall–Kier alpha value is 2.15. The standard InChI is InChI=1S/C12H26S.C10H16N2O8.4Na/c1-2-3-4-5-6-7-8-9-10-11-12-13;13-7(14)3-11(4-8(15)16)1-2-12(5-9(17)18)6-10(19)20;;;;/h13H,2-12H2,1H3;1-6H2,(H,13,14)(H,15,16)(H,17,18)(H,19,20);;;;/q;;4*+1/p-4. The maximum absolute atomic E-state index is 10.4. The maximum Gasteiger partial charge on any atom is 1.00 e. The number of carbonyl (C=O) groups excluding carboxylic acids is 4. The van der Waals surface area contributed by atoms with Gasteiger partial charge in [0.25, 0.3) is 0 Å². The van der Waals surface area contributed by atoms with Crippen molar-refractivity contribution in [3.05, 3.63) is 0 Å². The summed E-state index contributed by atoms with van der Waals surface area (Å²) in [6.07, 6.45) is 14.2. The van der Waals surface area contributed by atoms with Gasteiger partial charge in [-0.2, -0.15) is 12.6 Å². The van der Waals surface area contributed by atoms with Crippen LogP contribution in [0, 0.1) is 0 Å². The Morgan fingerprint density at radius 1 is 0.514 bits per heavy atom. The van der Waals surface area contributed by atoms with Gasteiger partial charge in [0.15, 0.2) is 0 Å². The third-order valence-corrected chi connectivity index (χ3v) is 4.97. The van der Waals surface area contributed by atoms with Crippen molar-refractivity contribution in [2.75, 3.05) is 45.0 Å². The number of carbonyl (C=O) groups is 4. The van der Waals surface area contributed by atoms with Crippen LogP contribution in [0.1, 0.15) is 71.1 Å². The van der Waals surface area contributed by atoms with Crippen LogP contribution >= 0.6 is 12.6 Å². The van der Waals surface area contributed by atoms with E-state index in [1.165, 1.54) is 64.2 Å². The molecule has 0 heterocycles. The zero-order valence-electron chi connectivity index (χ0n) is 23.6. The summed E-state index contributed by atoms with van der Waals surface area (Å²) >= 11 is 4.20. The molecule has 0 fully saturated rings. The monoisotopic (exact) mass is 582 g/mol. The van der Waals surface area contributed by atoms with E-state index < -0.39 is 50.1 Å². The molecule has 194 valence electrons. The molecule has 0 radical (unpaired) electrons. The van der Waals surface area contributed by atoms with Crippen LogP contribution in [0.5, 0.6) is 0 Å². The fourth-order valence-corrected chi connectivity index (χ4v) is 3.26. The Kier molecular flexibility index (Phi) is 53.5. The molecule has 0 unspecified atom stereocenters. The molecule has 0 aliphatic carbocycles. The molecule has 0 aliphatic heterocycles. The van der Waals surface area contributed by atoms with Crippen LogP contribution in [0.25, 0.3) is 0 Å². The van der Waals surface area contributed by atoms with Crippen molar-refractivity contribution in [2.24, 2.45) is 0 Å². The minimum absolute atomic E-state index is 0. The van der Waals surface area contributed by atoms with Gasteiger partial charge in [-0.25, -0.2) is 0 Å². The molecule has 0 atom stereocenters. The smallest absolute Gasteiger partial charge is 0.549 e. The zero-order valence-corrected chi connectivity index (χ0v) is 32.5. The van der Waals surface area contributed by atoms with Crippen molar-refractivity contribution in [1.29, 1.82) is 0 Å². The Morgan fingerprint density at radius 2 is 0.757 bits per heavy atom. The summed E-state index contributed by atoms with van der Waals surface area (Å²) < 4.78 is 0. The van der Waals surface area contributed by atoms with Crippen molar-refractivity contribution in [3.63, 3.8) is 0 Å². The van der Waals surface area contributed by atoms with Crippen LogP contribution in [0.2, 0.25) is 0 Å². The fraction of sp³-hybridized carbons (Fsp3) is 0.818. The number of carboxylic acid groups (broad SMARTS) is 4. The predicted octanol–water partition coefficient (Wildman–Crippen LogP) is -14.6. The predicted molar refractivity (Wildman–Crippen MR) is 119 cm³/mol. The topological polar surface area (TPSA) is 167 Å². The molecule has 0 saturated heterocycles. The molecule has 0 aromatic heterocycles. The first-order valence-corrected chi connectivity index (χ1v) is 12.1. The van der Waals surface area contributed by atoms with Gasteiger partial charge < -0.3 is 39.6 Å². The van der Waals surface area contributed by atoms with Crippen molar-refractivity contribution in [3.8, 4) is 0 Å². The summed E-state index contributed by atoms with van der Waals surface area (Å²) in [5, 5.41) is 41.6. The number of unbranched alkanes of at least 4 members (excludes halogenated alkanes) is 9. The van der Waals surface area contributed by atoms with Gasteiger partial charge in [-0.1, -0.05) is 64.7 Å². The Labute approximate surface area is 316 Å². The van der Waals surface area contributed by atoms with E-state index in [2.05, 4.69) is 19.6 Å². The van der Waals surface area contributed by atoms with Gasteiger partial charge in [0.2, 0.25) is 0 Å². The van der Waals surface area contributed by atoms with Crippen LogP contribution in [0.4, 0.5) is 0 Å². The average molecular weight is 583 g/mol. The summed E-state index contributed by atoms with van der Waals surface area (Å²) in [7, 11) is 0. The Bertz CT molecular complexity index is 489. The maximum atomic E-state index is 10.4. The second-order valence-corrected chi connectivity index (χ2v) is 8.26. The van der Waals surface area contributed by atoms with Crippen molar-refractivity contribution < 1.29 is 158 Å². The second kappa shape index (κ2) is 38.1. The molecular formula is C22H38N2Na4O8S. The average Bonchev–Trinajstić information content (AvgIpc) is 2.69. The van der Waals surface area contributed by atoms with Crippen LogP contribution in [-0.2, 0) is 19.2 Å². The molecule has 0 aliphatic rings. The van der Waals surface area contributed by atoms with Gasteiger partial charge in [0.05, 0.1) is 23.9 Å². The van der Waals surface area contributed by atoms with Gasteiger partial charge in [0.1, 0.15) is 0 Å². The van der Waals surface area contributed by atoms with E-state index in [0.29, 0.717) is 0 Å². The van der Waals surface area contributed by atoms with Crippen LogP contribution in [-0.4, -0.2) is 78.7 Å². The second-order valence-electron chi connectivity index (χ2n) is 7.81. The fourth-order valence-electron chi connectivity index (χ4n) is 3.04. The normalized spacial score (nSPS) is 9.51. The van der Waals surface area contributed by atoms with Crippen LogP contribution in [0.3, 0.4) is 0 Å². The van der Waals surface area contributed by atoms with Gasteiger partial charge in [0, 0.05) is 39.3 Å². The third-order valence-electron chi connectivity index (χ3n) is 4.65. The molecule has 0 rings (SSSR count). The van der Waals surface area contributed by atoms with Gasteiger partial charge in [-0.3, -0.25) is 9.80 Å². The van der Waals surface area contributed by atoms with Crippen molar-refractivity contribution >= 4 is 36.5 Å². The minimum Gasteiger partial charge on any atom is -0.549 e. The molecule has 37 heavy (non-hydrogen) atoms. The molecule has 15 heteroatoms. The molecule has 0 aromatic rings. The number of carboxylic acids is 4. The third kappa shape index (κ3) is 45.4. The first-order valence-electron chi connectivity index (χ1n) is 11.5.